The van der Waals surface area contributed by atoms with E-state index in [-0.39, 0.29) is 0 Å². The summed E-state index contributed by atoms with van der Waals surface area (Å²) in [5.41, 5.74) is 6.49. The lowest BCUT2D eigenvalue weighted by atomic mass is 9.88. The Kier molecular flexibility index (Phi) is 4.09. The van der Waals surface area contributed by atoms with Crippen LogP contribution in [0.5, 0.6) is 0 Å². The van der Waals surface area contributed by atoms with Gasteiger partial charge in [0.15, 0.2) is 17.5 Å². The summed E-state index contributed by atoms with van der Waals surface area (Å²) >= 11 is 0. The Morgan fingerprint density at radius 3 is 2.29 bits per heavy atom. The molecule has 0 saturated carbocycles. The minimum atomic E-state index is 0.510. The van der Waals surface area contributed by atoms with E-state index >= 15 is 0 Å². The number of hydrogen-bond acceptors (Lipinski definition) is 7. The standard InChI is InChI=1S/C24H17N7/c1-2-4-16(5-3-1)21-25-10-18(11-26-21)22-29-14-30-23(31-22)19-12-27-24(28-13-19)20-7-6-15-8-17(20)9-15/h1-8,10-12,14H,9,13H2,(H,27,28). The van der Waals surface area contributed by atoms with Crippen LogP contribution in [0.3, 0.4) is 0 Å². The van der Waals surface area contributed by atoms with Gasteiger partial charge < -0.3 is 5.32 Å². The molecule has 0 amide bonds. The third-order valence-corrected chi connectivity index (χ3v) is 5.41. The van der Waals surface area contributed by atoms with Crippen LogP contribution in [0.15, 0.2) is 78.4 Å². The third-order valence-electron chi connectivity index (χ3n) is 5.41. The van der Waals surface area contributed by atoms with Crippen LogP contribution in [-0.2, 0) is 6.42 Å². The van der Waals surface area contributed by atoms with E-state index < -0.39 is 0 Å². The molecule has 7 nitrogen and oxygen atoms in total. The number of nitrogens with one attached hydrogen (secondary N) is 1. The number of fused-ring (bicyclic) bond motifs is 2. The van der Waals surface area contributed by atoms with E-state index in [4.69, 9.17) is 4.99 Å². The van der Waals surface area contributed by atoms with Crippen LogP contribution in [0.25, 0.3) is 28.3 Å². The molecule has 31 heavy (non-hydrogen) atoms. The molecule has 0 saturated heterocycles. The minimum Gasteiger partial charge on any atom is -0.346 e. The fraction of sp³-hybridized carbons (Fsp3) is 0.0833. The molecule has 3 aliphatic rings. The molecule has 1 aliphatic heterocycles. The molecule has 0 radical (unpaired) electrons. The predicted molar refractivity (Wildman–Crippen MR) is 118 cm³/mol. The summed E-state index contributed by atoms with van der Waals surface area (Å²) in [5.74, 6) is 2.69. The van der Waals surface area contributed by atoms with Crippen molar-refractivity contribution in [2.75, 3.05) is 6.54 Å². The van der Waals surface area contributed by atoms with Gasteiger partial charge in [-0.3, -0.25) is 4.99 Å². The summed E-state index contributed by atoms with van der Waals surface area (Å²) in [6.45, 7) is 0.510. The van der Waals surface area contributed by atoms with E-state index in [9.17, 15) is 0 Å². The van der Waals surface area contributed by atoms with E-state index in [2.05, 4.69) is 48.4 Å². The number of rotatable bonds is 4. The van der Waals surface area contributed by atoms with Gasteiger partial charge in [0, 0.05) is 35.3 Å². The van der Waals surface area contributed by atoms with Crippen molar-refractivity contribution in [3.63, 3.8) is 0 Å². The van der Waals surface area contributed by atoms with Crippen LogP contribution < -0.4 is 5.32 Å². The Morgan fingerprint density at radius 2 is 1.58 bits per heavy atom. The third kappa shape index (κ3) is 3.26. The highest BCUT2D eigenvalue weighted by Crippen LogP contribution is 2.26. The van der Waals surface area contributed by atoms with Gasteiger partial charge in [-0.15, -0.1) is 0 Å². The average Bonchev–Trinajstić information content (AvgIpc) is 2.84. The van der Waals surface area contributed by atoms with Gasteiger partial charge in [-0.1, -0.05) is 48.5 Å². The first-order chi connectivity index (χ1) is 15.3. The number of benzene rings is 2. The molecule has 148 valence electrons. The zero-order valence-corrected chi connectivity index (χ0v) is 16.5. The Balaban J connectivity index is 1.22. The molecular formula is C24H17N7. The summed E-state index contributed by atoms with van der Waals surface area (Å²) in [5, 5.41) is 3.30. The van der Waals surface area contributed by atoms with Crippen LogP contribution in [0.2, 0.25) is 0 Å². The lowest BCUT2D eigenvalue weighted by Crippen LogP contribution is -2.26. The highest BCUT2D eigenvalue weighted by molar-refractivity contribution is 6.03. The fourth-order valence-electron chi connectivity index (χ4n) is 3.70. The first kappa shape index (κ1) is 17.6. The Bertz CT molecular complexity index is 1340. The molecule has 2 bridgehead atoms. The van der Waals surface area contributed by atoms with Crippen molar-refractivity contribution in [1.29, 1.82) is 0 Å². The zero-order chi connectivity index (χ0) is 20.6. The average molecular weight is 403 g/mol. The molecule has 0 fully saturated rings. The summed E-state index contributed by atoms with van der Waals surface area (Å²) < 4.78 is 0. The van der Waals surface area contributed by atoms with Gasteiger partial charge in [-0.05, 0) is 17.5 Å². The molecule has 2 aromatic carbocycles. The van der Waals surface area contributed by atoms with Crippen LogP contribution in [0.1, 0.15) is 22.5 Å². The van der Waals surface area contributed by atoms with Crippen molar-refractivity contribution in [2.24, 2.45) is 4.99 Å². The predicted octanol–water partition coefficient (Wildman–Crippen LogP) is 3.29. The number of hydrogen-bond donors (Lipinski definition) is 1. The van der Waals surface area contributed by atoms with E-state index in [0.717, 1.165) is 34.5 Å². The van der Waals surface area contributed by atoms with E-state index in [0.29, 0.717) is 24.0 Å². The SMILES string of the molecule is C1=C(c2ncnc(-c3cnc(-c4ccccc4)nc3)n2)CN=C(c2ccc3cc2C3)N1. The molecular weight excluding hydrogens is 386 g/mol. The van der Waals surface area contributed by atoms with Crippen LogP contribution in [-0.4, -0.2) is 37.3 Å². The monoisotopic (exact) mass is 403 g/mol. The first-order valence-corrected chi connectivity index (χ1v) is 10.0. The topological polar surface area (TPSA) is 88.8 Å². The smallest absolute Gasteiger partial charge is 0.166 e. The molecule has 0 unspecified atom stereocenters. The lowest BCUT2D eigenvalue weighted by Gasteiger charge is -2.22. The van der Waals surface area contributed by atoms with Gasteiger partial charge in [-0.25, -0.2) is 24.9 Å². The molecule has 2 aliphatic carbocycles. The number of amidine groups is 1. The zero-order valence-electron chi connectivity index (χ0n) is 16.5. The highest BCUT2D eigenvalue weighted by atomic mass is 15.0. The highest BCUT2D eigenvalue weighted by Gasteiger charge is 2.19. The van der Waals surface area contributed by atoms with Crippen molar-refractivity contribution in [3.05, 3.63) is 96.0 Å². The van der Waals surface area contributed by atoms with Crippen molar-refractivity contribution < 1.29 is 0 Å². The van der Waals surface area contributed by atoms with Gasteiger partial charge >= 0.3 is 0 Å². The second-order valence-corrected chi connectivity index (χ2v) is 7.44. The minimum absolute atomic E-state index is 0.510. The fourth-order valence-corrected chi connectivity index (χ4v) is 3.70. The van der Waals surface area contributed by atoms with E-state index in [1.807, 2.05) is 36.5 Å². The molecule has 0 atom stereocenters. The molecule has 7 heteroatoms. The maximum absolute atomic E-state index is 4.71. The van der Waals surface area contributed by atoms with Crippen LogP contribution in [0, 0.1) is 0 Å². The Hall–Kier alpha value is -4.26. The summed E-state index contributed by atoms with van der Waals surface area (Å²) in [6.07, 6.45) is 7.95. The summed E-state index contributed by atoms with van der Waals surface area (Å²) in [6, 6.07) is 16.3. The van der Waals surface area contributed by atoms with Gasteiger partial charge in [0.1, 0.15) is 12.2 Å². The maximum Gasteiger partial charge on any atom is 0.166 e. The van der Waals surface area contributed by atoms with Crippen LogP contribution >= 0.6 is 0 Å². The van der Waals surface area contributed by atoms with Gasteiger partial charge in [0.2, 0.25) is 0 Å². The van der Waals surface area contributed by atoms with Gasteiger partial charge in [-0.2, -0.15) is 0 Å². The second-order valence-electron chi connectivity index (χ2n) is 7.44. The van der Waals surface area contributed by atoms with Gasteiger partial charge in [0.25, 0.3) is 0 Å². The van der Waals surface area contributed by atoms with Crippen molar-refractivity contribution in [1.82, 2.24) is 30.2 Å². The van der Waals surface area contributed by atoms with Crippen molar-refractivity contribution >= 4 is 11.4 Å². The molecule has 0 spiro atoms. The normalized spacial score (nSPS) is 14.2. The first-order valence-electron chi connectivity index (χ1n) is 10.0. The van der Waals surface area contributed by atoms with E-state index in [1.54, 1.807) is 12.4 Å². The number of nitrogens with zero attached hydrogens (tertiary/aromatic N) is 6. The van der Waals surface area contributed by atoms with Crippen molar-refractivity contribution in [3.8, 4) is 22.8 Å². The quantitative estimate of drug-likeness (QED) is 0.495. The largest absolute Gasteiger partial charge is 0.346 e. The molecule has 4 aromatic rings. The summed E-state index contributed by atoms with van der Waals surface area (Å²) in [4.78, 5) is 26.9. The molecule has 2 aromatic heterocycles. The second kappa shape index (κ2) is 7.21. The van der Waals surface area contributed by atoms with Crippen molar-refractivity contribution in [2.45, 2.75) is 6.42 Å². The van der Waals surface area contributed by atoms with Crippen LogP contribution in [0.4, 0.5) is 0 Å². The summed E-state index contributed by atoms with van der Waals surface area (Å²) in [7, 11) is 0. The maximum atomic E-state index is 4.71. The molecule has 1 N–H and O–H groups in total. The van der Waals surface area contributed by atoms with Gasteiger partial charge in [0.05, 0.1) is 12.1 Å². The Labute approximate surface area is 178 Å². The lowest BCUT2D eigenvalue weighted by molar-refractivity contribution is 0.987. The molecule has 3 heterocycles. The number of aromatic nitrogens is 5. The molecule has 7 rings (SSSR count). The Morgan fingerprint density at radius 1 is 0.774 bits per heavy atom. The number of aliphatic imine (C=N–C) groups is 1. The van der Waals surface area contributed by atoms with E-state index in [1.165, 1.54) is 17.5 Å².